The SMILES string of the molecule is C[C@@H]1O[C@H](O[C@@H]2[C@@H](O[C@H]3CO[C@H](O[C@H]4CC[C@]5(C)[C@H]6CC[C@@]78O[C@@H](O)[C@]9(CC[C@@](C)(C=O)C[C@H]97)[C@H](O)C[C@@]8(C)[C@]6(C)CC[C@H]5C4(C)C)[C@@H](O[C@H]4O[C@@H](CO)[C@H](O)[C@@H](O)[C@@H]4O)[C@@H]3O)O[C@@H](CO)[C@H](O)[C@H]2O)[C@@H](O)[C@H](O)[C@H]1O. The van der Waals surface area contributed by atoms with Crippen LogP contribution in [0.15, 0.2) is 0 Å². The number of hydrogen-bond donors (Lipinski definition) is 13. The van der Waals surface area contributed by atoms with Gasteiger partial charge in [0, 0.05) is 16.7 Å². The second-order valence-corrected chi connectivity index (χ2v) is 26.3. The van der Waals surface area contributed by atoms with Crippen molar-refractivity contribution >= 4 is 6.29 Å². The zero-order chi connectivity index (χ0) is 55.2. The number of fused-ring (bicyclic) bond motifs is 4. The van der Waals surface area contributed by atoms with E-state index >= 15 is 0 Å². The average Bonchev–Trinajstić information content (AvgIpc) is 3.85. The lowest BCUT2D eigenvalue weighted by Gasteiger charge is -2.75. The highest BCUT2D eigenvalue weighted by molar-refractivity contribution is 5.59. The number of ether oxygens (including phenoxy) is 9. The maximum atomic E-state index is 12.6. The van der Waals surface area contributed by atoms with E-state index in [0.717, 1.165) is 25.5 Å². The number of aliphatic hydroxyl groups is 13. The van der Waals surface area contributed by atoms with Crippen LogP contribution in [0.2, 0.25) is 0 Å². The van der Waals surface area contributed by atoms with Crippen LogP contribution >= 0.6 is 0 Å². The third-order valence-corrected chi connectivity index (χ3v) is 22.4. The Morgan fingerprint density at radius 2 is 1.14 bits per heavy atom. The molecule has 5 saturated heterocycles. The Hall–Kier alpha value is -1.21. The summed E-state index contributed by atoms with van der Waals surface area (Å²) >= 11 is 0. The van der Waals surface area contributed by atoms with E-state index in [0.29, 0.717) is 44.9 Å². The number of carbonyl (C=O) groups excluding carboxylic acids is 1. The van der Waals surface area contributed by atoms with Crippen molar-refractivity contribution < 1.29 is 114 Å². The van der Waals surface area contributed by atoms with Gasteiger partial charge in [0.25, 0.3) is 0 Å². The summed E-state index contributed by atoms with van der Waals surface area (Å²) in [6.45, 7) is 12.6. The minimum atomic E-state index is -1.90. The molecule has 0 aromatic carbocycles. The first kappa shape index (κ1) is 58.0. The molecule has 1 spiro atoms. The Morgan fingerprint density at radius 1 is 0.553 bits per heavy atom. The van der Waals surface area contributed by atoms with Gasteiger partial charge in [-0.15, -0.1) is 0 Å². The van der Waals surface area contributed by atoms with Crippen LogP contribution in [0, 0.1) is 50.2 Å². The predicted molar refractivity (Wildman–Crippen MR) is 256 cm³/mol. The van der Waals surface area contributed by atoms with Gasteiger partial charge >= 0.3 is 0 Å². The molecule has 5 saturated carbocycles. The van der Waals surface area contributed by atoms with Gasteiger partial charge in [0.15, 0.2) is 31.5 Å². The highest BCUT2D eigenvalue weighted by atomic mass is 16.8. The fourth-order valence-electron chi connectivity index (χ4n) is 17.7. The molecule has 23 heteroatoms. The zero-order valence-electron chi connectivity index (χ0n) is 44.6. The van der Waals surface area contributed by atoms with Crippen molar-refractivity contribution in [3.8, 4) is 0 Å². The quantitative estimate of drug-likeness (QED) is 0.0772. The Labute approximate surface area is 442 Å². The van der Waals surface area contributed by atoms with E-state index in [4.69, 9.17) is 42.6 Å². The van der Waals surface area contributed by atoms with Crippen LogP contribution in [0.1, 0.15) is 113 Å². The predicted octanol–water partition coefficient (Wildman–Crippen LogP) is -2.19. The van der Waals surface area contributed by atoms with Gasteiger partial charge in [-0.2, -0.15) is 0 Å². The number of aldehydes is 1. The third kappa shape index (κ3) is 8.44. The van der Waals surface area contributed by atoms with Gasteiger partial charge in [-0.3, -0.25) is 0 Å². The molecule has 10 aliphatic rings. The Balaban J connectivity index is 0.906. The Bertz CT molecular complexity index is 2090. The van der Waals surface area contributed by atoms with Crippen LogP contribution in [0.25, 0.3) is 0 Å². The molecule has 0 amide bonds. The van der Waals surface area contributed by atoms with Crippen molar-refractivity contribution in [1.29, 1.82) is 0 Å². The summed E-state index contributed by atoms with van der Waals surface area (Å²) in [6, 6.07) is 0. The van der Waals surface area contributed by atoms with Crippen LogP contribution in [-0.2, 0) is 47.4 Å². The summed E-state index contributed by atoms with van der Waals surface area (Å²) in [6.07, 6.45) is -26.4. The van der Waals surface area contributed by atoms with Gasteiger partial charge in [-0.05, 0) is 99.2 Å². The first-order valence-electron chi connectivity index (χ1n) is 27.7. The lowest BCUT2D eigenvalue weighted by Crippen LogP contribution is -2.74. The van der Waals surface area contributed by atoms with Crippen LogP contribution in [0.4, 0.5) is 0 Å². The van der Waals surface area contributed by atoms with E-state index in [9.17, 15) is 71.2 Å². The van der Waals surface area contributed by atoms with Gasteiger partial charge in [0.1, 0.15) is 91.7 Å². The van der Waals surface area contributed by atoms with E-state index in [-0.39, 0.29) is 28.6 Å². The largest absolute Gasteiger partial charge is 0.394 e. The molecule has 2 bridgehead atoms. The van der Waals surface area contributed by atoms with Crippen LogP contribution < -0.4 is 0 Å². The summed E-state index contributed by atoms with van der Waals surface area (Å²) in [5.41, 5.74) is -3.89. The van der Waals surface area contributed by atoms with Gasteiger partial charge in [0.05, 0.1) is 49.1 Å². The number of carbonyl (C=O) groups is 1. The first-order valence-corrected chi connectivity index (χ1v) is 27.7. The van der Waals surface area contributed by atoms with Crippen LogP contribution in [0.3, 0.4) is 0 Å². The molecule has 31 atom stereocenters. The Kier molecular flexibility index (Phi) is 15.5. The van der Waals surface area contributed by atoms with Crippen molar-refractivity contribution in [2.75, 3.05) is 19.8 Å². The van der Waals surface area contributed by atoms with Crippen LogP contribution in [0.5, 0.6) is 0 Å². The molecule has 5 aliphatic heterocycles. The molecule has 13 N–H and O–H groups in total. The van der Waals surface area contributed by atoms with Gasteiger partial charge in [-0.25, -0.2) is 0 Å². The fourth-order valence-corrected chi connectivity index (χ4v) is 17.7. The maximum absolute atomic E-state index is 12.6. The van der Waals surface area contributed by atoms with Gasteiger partial charge < -0.3 is 114 Å². The van der Waals surface area contributed by atoms with Crippen molar-refractivity contribution in [2.45, 2.75) is 253 Å². The maximum Gasteiger partial charge on any atom is 0.187 e. The molecule has 5 heterocycles. The molecule has 0 unspecified atom stereocenters. The van der Waals surface area contributed by atoms with Crippen molar-refractivity contribution in [3.63, 3.8) is 0 Å². The molecule has 76 heavy (non-hydrogen) atoms. The smallest absolute Gasteiger partial charge is 0.187 e. The summed E-state index contributed by atoms with van der Waals surface area (Å²) < 4.78 is 55.9. The van der Waals surface area contributed by atoms with Gasteiger partial charge in [0.2, 0.25) is 0 Å². The molecule has 0 aromatic rings. The fraction of sp³-hybridized carbons (Fsp3) is 0.981. The molecule has 23 nitrogen and oxygen atoms in total. The number of hydrogen-bond acceptors (Lipinski definition) is 23. The number of rotatable bonds is 11. The molecular weight excluding hydrogens is 1000 g/mol. The molecular formula is C53H86O23. The zero-order valence-corrected chi connectivity index (χ0v) is 44.6. The summed E-state index contributed by atoms with van der Waals surface area (Å²) in [5, 5.41) is 143. The van der Waals surface area contributed by atoms with E-state index in [2.05, 4.69) is 34.6 Å². The highest BCUT2D eigenvalue weighted by Gasteiger charge is 2.82. The minimum Gasteiger partial charge on any atom is -0.394 e. The minimum absolute atomic E-state index is 0.0697. The normalized spacial score (nSPS) is 58.9. The second-order valence-electron chi connectivity index (χ2n) is 26.3. The molecule has 0 radical (unpaired) electrons. The molecule has 10 rings (SSSR count). The van der Waals surface area contributed by atoms with Crippen LogP contribution in [-0.4, -0.2) is 233 Å². The molecule has 10 fully saturated rings. The van der Waals surface area contributed by atoms with Gasteiger partial charge in [-0.1, -0.05) is 41.5 Å². The summed E-state index contributed by atoms with van der Waals surface area (Å²) in [5.74, 6) is 0.0326. The highest BCUT2D eigenvalue weighted by Crippen LogP contribution is 2.81. The molecule has 0 aromatic heterocycles. The second kappa shape index (κ2) is 20.3. The average molecular weight is 1090 g/mol. The monoisotopic (exact) mass is 1090 g/mol. The topological polar surface area (TPSA) is 363 Å². The van der Waals surface area contributed by atoms with Crippen molar-refractivity contribution in [3.05, 3.63) is 0 Å². The lowest BCUT2D eigenvalue weighted by atomic mass is 9.30. The number of aliphatic hydroxyl groups excluding tert-OH is 13. The Morgan fingerprint density at radius 3 is 1.79 bits per heavy atom. The standard InChI is InChI=1S/C53H86O23/c1-22-31(58)35(62)38(65)42(69-22)75-41-37(64)33(60)24(19-55)71-45(41)72-25-20-68-44(40(34(25)61)74-43-39(66)36(63)32(59)23(18-54)70-43)73-30-10-11-49(5)26(47(30,2)3)8-12-50(6)27(49)9-13-53-28-16-48(4,21-56)14-15-52(28,46(67)76-53)29(57)17-51(50,53)7/h21-46,54-55,57-67H,8-20H2,1-7H3/t22-,23-,24-,25-,26-,27+,28+,29+,30-,31-,32-,33-,34+,35+,36+,37+,38-,39-,40-,41-,42+,43+,44+,45+,46+,48+,49-,50+,51-,52-,53+/m0/s1. The molecule has 436 valence electrons. The summed E-state index contributed by atoms with van der Waals surface area (Å²) in [4.78, 5) is 12.6. The lowest BCUT2D eigenvalue weighted by molar-refractivity contribution is -0.394. The van der Waals surface area contributed by atoms with E-state index in [1.165, 1.54) is 6.92 Å². The first-order chi connectivity index (χ1) is 35.6. The third-order valence-electron chi connectivity index (χ3n) is 22.4. The van der Waals surface area contributed by atoms with Crippen molar-refractivity contribution in [1.82, 2.24) is 0 Å². The van der Waals surface area contributed by atoms with E-state index < -0.39 is 182 Å². The van der Waals surface area contributed by atoms with E-state index in [1.807, 2.05) is 6.92 Å². The molecule has 5 aliphatic carbocycles. The van der Waals surface area contributed by atoms with Crippen molar-refractivity contribution in [2.24, 2.45) is 50.2 Å². The summed E-state index contributed by atoms with van der Waals surface area (Å²) in [7, 11) is 0. The van der Waals surface area contributed by atoms with E-state index in [1.54, 1.807) is 0 Å².